The van der Waals surface area contributed by atoms with Gasteiger partial charge in [-0.15, -0.1) is 0 Å². The third kappa shape index (κ3) is 4.91. The lowest BCUT2D eigenvalue weighted by atomic mass is 10.1. The first-order valence-corrected chi connectivity index (χ1v) is 11.9. The predicted octanol–water partition coefficient (Wildman–Crippen LogP) is 6.78. The van der Waals surface area contributed by atoms with Crippen molar-refractivity contribution in [3.8, 4) is 5.75 Å². The van der Waals surface area contributed by atoms with E-state index >= 15 is 0 Å². The van der Waals surface area contributed by atoms with Crippen LogP contribution in [0.5, 0.6) is 5.75 Å². The van der Waals surface area contributed by atoms with Crippen molar-refractivity contribution in [2.24, 2.45) is 5.10 Å². The zero-order valence-corrected chi connectivity index (χ0v) is 19.6. The number of thiazole rings is 1. The van der Waals surface area contributed by atoms with E-state index in [1.807, 2.05) is 24.4 Å². The first kappa shape index (κ1) is 21.2. The maximum Gasteiger partial charge on any atom is 0.204 e. The maximum atomic E-state index is 5.99. The summed E-state index contributed by atoms with van der Waals surface area (Å²) in [5.74, 6) is 0.943. The van der Waals surface area contributed by atoms with E-state index in [-0.39, 0.29) is 0 Å². The fraction of sp³-hybridized carbons (Fsp3) is 0.185. The number of anilines is 1. The topological polar surface area (TPSA) is 51.4 Å². The van der Waals surface area contributed by atoms with Crippen molar-refractivity contribution >= 4 is 43.8 Å². The molecule has 0 aliphatic rings. The Balaban J connectivity index is 1.25. The number of fused-ring (bicyclic) bond motifs is 2. The number of hydrogen-bond donors (Lipinski definition) is 1. The minimum atomic E-state index is 0.679. The second kappa shape index (κ2) is 9.46. The second-order valence-corrected chi connectivity index (χ2v) is 9.21. The molecule has 0 atom stereocenters. The lowest BCUT2D eigenvalue weighted by Crippen LogP contribution is -2.04. The Kier molecular flexibility index (Phi) is 6.09. The molecule has 6 heteroatoms. The summed E-state index contributed by atoms with van der Waals surface area (Å²) in [6.45, 7) is 5.75. The van der Waals surface area contributed by atoms with Crippen molar-refractivity contribution in [3.63, 3.8) is 0 Å². The van der Waals surface area contributed by atoms with Crippen LogP contribution < -0.4 is 10.2 Å². The summed E-state index contributed by atoms with van der Waals surface area (Å²) < 4.78 is 9.42. The van der Waals surface area contributed by atoms with Gasteiger partial charge < -0.3 is 9.30 Å². The molecule has 0 radical (unpaired) electrons. The van der Waals surface area contributed by atoms with Crippen LogP contribution in [0.15, 0.2) is 78.0 Å². The van der Waals surface area contributed by atoms with Crippen LogP contribution in [0.3, 0.4) is 0 Å². The molecule has 0 saturated carbocycles. The summed E-state index contributed by atoms with van der Waals surface area (Å²) in [5, 5.41) is 6.43. The van der Waals surface area contributed by atoms with Crippen molar-refractivity contribution < 1.29 is 4.74 Å². The van der Waals surface area contributed by atoms with E-state index in [0.717, 1.165) is 39.6 Å². The lowest BCUT2D eigenvalue weighted by molar-refractivity contribution is 0.302. The van der Waals surface area contributed by atoms with Gasteiger partial charge in [-0.2, -0.15) is 5.10 Å². The Morgan fingerprint density at radius 3 is 2.67 bits per heavy atom. The first-order chi connectivity index (χ1) is 16.2. The van der Waals surface area contributed by atoms with Crippen molar-refractivity contribution in [3.05, 3.63) is 89.6 Å². The average molecular weight is 455 g/mol. The molecule has 0 amide bonds. The summed E-state index contributed by atoms with van der Waals surface area (Å²) in [5.41, 5.74) is 8.80. The van der Waals surface area contributed by atoms with Crippen molar-refractivity contribution in [1.82, 2.24) is 9.55 Å². The minimum absolute atomic E-state index is 0.679. The van der Waals surface area contributed by atoms with Gasteiger partial charge in [0.15, 0.2) is 0 Å². The fourth-order valence-electron chi connectivity index (χ4n) is 4.08. The van der Waals surface area contributed by atoms with Gasteiger partial charge in [0.25, 0.3) is 0 Å². The van der Waals surface area contributed by atoms with Gasteiger partial charge in [-0.25, -0.2) is 4.98 Å². The van der Waals surface area contributed by atoms with Crippen LogP contribution in [-0.4, -0.2) is 22.4 Å². The van der Waals surface area contributed by atoms with E-state index in [0.29, 0.717) is 6.61 Å². The van der Waals surface area contributed by atoms with Gasteiger partial charge in [-0.3, -0.25) is 5.43 Å². The Labute approximate surface area is 197 Å². The molecule has 5 rings (SSSR count). The highest BCUT2D eigenvalue weighted by Crippen LogP contribution is 2.25. The highest BCUT2D eigenvalue weighted by atomic mass is 32.1. The number of para-hydroxylation sites is 2. The summed E-state index contributed by atoms with van der Waals surface area (Å²) in [6, 6.07) is 22.9. The molecule has 5 nitrogen and oxygen atoms in total. The SMILES string of the molecule is Cc1cc(C)cc(OCCCn2cc(C=NNc3nc4ccccc4s3)c3ccccc32)c1. The third-order valence-corrected chi connectivity index (χ3v) is 6.43. The van der Waals surface area contributed by atoms with E-state index in [4.69, 9.17) is 4.74 Å². The normalized spacial score (nSPS) is 11.6. The molecule has 3 aromatic carbocycles. The Bertz CT molecular complexity index is 1380. The summed E-state index contributed by atoms with van der Waals surface area (Å²) in [6.07, 6.45) is 4.95. The lowest BCUT2D eigenvalue weighted by Gasteiger charge is -2.09. The summed E-state index contributed by atoms with van der Waals surface area (Å²) in [7, 11) is 0. The molecule has 0 saturated heterocycles. The van der Waals surface area contributed by atoms with Crippen molar-refractivity contribution in [1.29, 1.82) is 0 Å². The predicted molar refractivity (Wildman–Crippen MR) is 139 cm³/mol. The van der Waals surface area contributed by atoms with Crippen LogP contribution in [0.2, 0.25) is 0 Å². The molecular formula is C27H26N4OS. The standard InChI is InChI=1S/C27H26N4OS/c1-19-14-20(2)16-22(15-19)32-13-7-12-31-18-21(23-8-3-5-10-25(23)31)17-28-30-27-29-24-9-4-6-11-26(24)33-27/h3-6,8-11,14-18H,7,12-13H2,1-2H3,(H,29,30). The average Bonchev–Trinajstić information content (AvgIpc) is 3.37. The van der Waals surface area contributed by atoms with Crippen molar-refractivity contribution in [2.45, 2.75) is 26.8 Å². The van der Waals surface area contributed by atoms with E-state index in [1.165, 1.54) is 22.0 Å². The van der Waals surface area contributed by atoms with Gasteiger partial charge >= 0.3 is 0 Å². The number of nitrogens with one attached hydrogen (secondary N) is 1. The number of benzene rings is 3. The molecule has 5 aromatic rings. The van der Waals surface area contributed by atoms with Gasteiger partial charge in [0.2, 0.25) is 5.13 Å². The molecule has 0 bridgehead atoms. The monoisotopic (exact) mass is 454 g/mol. The zero-order chi connectivity index (χ0) is 22.6. The Morgan fingerprint density at radius 2 is 1.82 bits per heavy atom. The highest BCUT2D eigenvalue weighted by molar-refractivity contribution is 7.22. The molecule has 33 heavy (non-hydrogen) atoms. The van der Waals surface area contributed by atoms with Crippen LogP contribution >= 0.6 is 11.3 Å². The number of ether oxygens (including phenoxy) is 1. The molecule has 0 aliphatic heterocycles. The first-order valence-electron chi connectivity index (χ1n) is 11.1. The van der Waals surface area contributed by atoms with Crippen LogP contribution in [-0.2, 0) is 6.54 Å². The zero-order valence-electron chi connectivity index (χ0n) is 18.8. The van der Waals surface area contributed by atoms with Crippen molar-refractivity contribution in [2.75, 3.05) is 12.0 Å². The van der Waals surface area contributed by atoms with Gasteiger partial charge in [-0.05, 0) is 61.7 Å². The van der Waals surface area contributed by atoms with Gasteiger partial charge in [0.1, 0.15) is 5.75 Å². The number of aromatic nitrogens is 2. The quantitative estimate of drug-likeness (QED) is 0.160. The summed E-state index contributed by atoms with van der Waals surface area (Å²) >= 11 is 1.60. The third-order valence-electron chi connectivity index (χ3n) is 5.48. The largest absolute Gasteiger partial charge is 0.494 e. The maximum absolute atomic E-state index is 5.99. The van der Waals surface area contributed by atoms with Crippen LogP contribution in [0.25, 0.3) is 21.1 Å². The highest BCUT2D eigenvalue weighted by Gasteiger charge is 2.07. The van der Waals surface area contributed by atoms with E-state index in [1.54, 1.807) is 11.3 Å². The molecular weight excluding hydrogens is 428 g/mol. The molecule has 0 fully saturated rings. The summed E-state index contributed by atoms with van der Waals surface area (Å²) in [4.78, 5) is 4.57. The fourth-order valence-corrected chi connectivity index (χ4v) is 4.90. The van der Waals surface area contributed by atoms with E-state index < -0.39 is 0 Å². The number of hydrogen-bond acceptors (Lipinski definition) is 5. The smallest absolute Gasteiger partial charge is 0.204 e. The number of nitrogens with zero attached hydrogens (tertiary/aromatic N) is 3. The molecule has 0 aliphatic carbocycles. The van der Waals surface area contributed by atoms with E-state index in [9.17, 15) is 0 Å². The number of hydrazone groups is 1. The second-order valence-electron chi connectivity index (χ2n) is 8.18. The van der Waals surface area contributed by atoms with Crippen LogP contribution in [0.1, 0.15) is 23.1 Å². The van der Waals surface area contributed by atoms with Crippen LogP contribution in [0, 0.1) is 13.8 Å². The van der Waals surface area contributed by atoms with Gasteiger partial charge in [0, 0.05) is 29.2 Å². The number of rotatable bonds is 8. The molecule has 0 unspecified atom stereocenters. The Morgan fingerprint density at radius 1 is 1.03 bits per heavy atom. The molecule has 166 valence electrons. The number of aryl methyl sites for hydroxylation is 3. The van der Waals surface area contributed by atoms with Gasteiger partial charge in [-0.1, -0.05) is 47.7 Å². The van der Waals surface area contributed by atoms with E-state index in [2.05, 4.69) is 88.7 Å². The minimum Gasteiger partial charge on any atom is -0.494 e. The molecule has 0 spiro atoms. The molecule has 2 aromatic heterocycles. The molecule has 1 N–H and O–H groups in total. The molecule has 2 heterocycles. The van der Waals surface area contributed by atoms with Gasteiger partial charge in [0.05, 0.1) is 23.0 Å². The Hall–Kier alpha value is -3.64. The van der Waals surface area contributed by atoms with Crippen LogP contribution in [0.4, 0.5) is 5.13 Å².